The SMILES string of the molecule is COc1ccccc1C(=O)CC1c2c(cc3c(c2OC)OCO3)CCN1C. The van der Waals surface area contributed by atoms with Crippen LogP contribution in [0.3, 0.4) is 0 Å². The molecule has 27 heavy (non-hydrogen) atoms. The molecular weight excluding hydrogens is 346 g/mol. The molecule has 0 fully saturated rings. The van der Waals surface area contributed by atoms with Gasteiger partial charge in [-0.05, 0) is 37.2 Å². The summed E-state index contributed by atoms with van der Waals surface area (Å²) in [5.41, 5.74) is 2.76. The van der Waals surface area contributed by atoms with Crippen LogP contribution in [0.2, 0.25) is 0 Å². The second kappa shape index (κ2) is 7.12. The number of para-hydroxylation sites is 1. The Kier molecular flexibility index (Phi) is 4.66. The highest BCUT2D eigenvalue weighted by Crippen LogP contribution is 2.50. The van der Waals surface area contributed by atoms with Gasteiger partial charge in [0.05, 0.1) is 19.8 Å². The van der Waals surface area contributed by atoms with Crippen molar-refractivity contribution in [3.05, 3.63) is 47.0 Å². The van der Waals surface area contributed by atoms with Gasteiger partial charge < -0.3 is 18.9 Å². The first kappa shape index (κ1) is 17.7. The Morgan fingerprint density at radius 2 is 2.04 bits per heavy atom. The molecule has 0 radical (unpaired) electrons. The Morgan fingerprint density at radius 1 is 1.22 bits per heavy atom. The third-order valence-electron chi connectivity index (χ3n) is 5.33. The molecule has 1 atom stereocenters. The minimum Gasteiger partial charge on any atom is -0.496 e. The van der Waals surface area contributed by atoms with E-state index in [1.165, 1.54) is 0 Å². The van der Waals surface area contributed by atoms with Gasteiger partial charge in [-0.2, -0.15) is 0 Å². The zero-order valence-corrected chi connectivity index (χ0v) is 15.8. The van der Waals surface area contributed by atoms with Crippen molar-refractivity contribution in [2.45, 2.75) is 18.9 Å². The van der Waals surface area contributed by atoms with Crippen LogP contribution >= 0.6 is 0 Å². The molecule has 2 aromatic carbocycles. The molecule has 6 nitrogen and oxygen atoms in total. The number of rotatable bonds is 5. The van der Waals surface area contributed by atoms with Crippen molar-refractivity contribution in [1.82, 2.24) is 4.90 Å². The quantitative estimate of drug-likeness (QED) is 0.754. The van der Waals surface area contributed by atoms with Crippen LogP contribution in [-0.4, -0.2) is 45.3 Å². The molecule has 0 N–H and O–H groups in total. The van der Waals surface area contributed by atoms with E-state index in [1.807, 2.05) is 37.4 Å². The summed E-state index contributed by atoms with van der Waals surface area (Å²) in [6.45, 7) is 1.05. The van der Waals surface area contributed by atoms with E-state index in [2.05, 4.69) is 4.90 Å². The summed E-state index contributed by atoms with van der Waals surface area (Å²) in [7, 11) is 5.25. The van der Waals surface area contributed by atoms with E-state index in [4.69, 9.17) is 18.9 Å². The number of carbonyl (C=O) groups is 1. The van der Waals surface area contributed by atoms with Crippen molar-refractivity contribution in [2.24, 2.45) is 0 Å². The minimum atomic E-state index is -0.101. The molecule has 2 aliphatic rings. The first-order valence-corrected chi connectivity index (χ1v) is 8.99. The monoisotopic (exact) mass is 369 g/mol. The van der Waals surface area contributed by atoms with Crippen LogP contribution < -0.4 is 18.9 Å². The average molecular weight is 369 g/mol. The molecule has 6 heteroatoms. The normalized spacial score (nSPS) is 18.1. The number of carbonyl (C=O) groups excluding carboxylic acids is 1. The smallest absolute Gasteiger partial charge is 0.231 e. The zero-order chi connectivity index (χ0) is 19.0. The van der Waals surface area contributed by atoms with Gasteiger partial charge in [-0.3, -0.25) is 9.69 Å². The second-order valence-corrected chi connectivity index (χ2v) is 6.79. The number of ketones is 1. The Balaban J connectivity index is 1.73. The maximum absolute atomic E-state index is 13.1. The molecule has 142 valence electrons. The zero-order valence-electron chi connectivity index (χ0n) is 15.8. The van der Waals surface area contributed by atoms with Gasteiger partial charge >= 0.3 is 0 Å². The molecule has 2 aromatic rings. The molecule has 0 saturated carbocycles. The molecule has 0 bridgehead atoms. The van der Waals surface area contributed by atoms with E-state index < -0.39 is 0 Å². The Hall–Kier alpha value is -2.73. The van der Waals surface area contributed by atoms with E-state index in [0.717, 1.165) is 24.1 Å². The predicted molar refractivity (Wildman–Crippen MR) is 100 cm³/mol. The summed E-state index contributed by atoms with van der Waals surface area (Å²) in [6, 6.07) is 9.25. The highest BCUT2D eigenvalue weighted by Gasteiger charge is 2.35. The lowest BCUT2D eigenvalue weighted by Gasteiger charge is -2.35. The van der Waals surface area contributed by atoms with Crippen LogP contribution in [0.5, 0.6) is 23.0 Å². The van der Waals surface area contributed by atoms with Gasteiger partial charge in [0, 0.05) is 24.6 Å². The minimum absolute atomic E-state index is 0.0388. The number of hydrogen-bond acceptors (Lipinski definition) is 6. The van der Waals surface area contributed by atoms with Gasteiger partial charge in [0.1, 0.15) is 5.75 Å². The Morgan fingerprint density at radius 3 is 2.81 bits per heavy atom. The number of Topliss-reactive ketones (excluding diaryl/α,β-unsaturated/α-hetero) is 1. The van der Waals surface area contributed by atoms with Crippen LogP contribution in [-0.2, 0) is 6.42 Å². The van der Waals surface area contributed by atoms with Crippen LogP contribution in [0.25, 0.3) is 0 Å². The number of ether oxygens (including phenoxy) is 4. The van der Waals surface area contributed by atoms with Crippen molar-refractivity contribution in [3.8, 4) is 23.0 Å². The summed E-state index contributed by atoms with van der Waals surface area (Å²) >= 11 is 0. The highest BCUT2D eigenvalue weighted by atomic mass is 16.7. The lowest BCUT2D eigenvalue weighted by molar-refractivity contribution is 0.0922. The van der Waals surface area contributed by atoms with Crippen molar-refractivity contribution in [1.29, 1.82) is 0 Å². The van der Waals surface area contributed by atoms with E-state index in [0.29, 0.717) is 35.0 Å². The largest absolute Gasteiger partial charge is 0.496 e. The van der Waals surface area contributed by atoms with Gasteiger partial charge in [-0.1, -0.05) is 12.1 Å². The van der Waals surface area contributed by atoms with E-state index in [-0.39, 0.29) is 18.6 Å². The molecule has 0 spiro atoms. The Bertz CT molecular complexity index is 879. The van der Waals surface area contributed by atoms with Gasteiger partial charge in [0.15, 0.2) is 17.3 Å². The topological polar surface area (TPSA) is 57.2 Å². The third kappa shape index (κ3) is 3.00. The molecule has 0 aliphatic carbocycles. The summed E-state index contributed by atoms with van der Waals surface area (Å²) in [5, 5.41) is 0. The van der Waals surface area contributed by atoms with Crippen LogP contribution in [0.4, 0.5) is 0 Å². The second-order valence-electron chi connectivity index (χ2n) is 6.79. The molecule has 2 aliphatic heterocycles. The van der Waals surface area contributed by atoms with Gasteiger partial charge in [0.2, 0.25) is 12.5 Å². The van der Waals surface area contributed by atoms with E-state index >= 15 is 0 Å². The van der Waals surface area contributed by atoms with Gasteiger partial charge in [0.25, 0.3) is 0 Å². The molecule has 4 rings (SSSR count). The first-order valence-electron chi connectivity index (χ1n) is 8.99. The summed E-state index contributed by atoms with van der Waals surface area (Å²) in [6.07, 6.45) is 1.21. The fourth-order valence-corrected chi connectivity index (χ4v) is 3.94. The van der Waals surface area contributed by atoms with Crippen LogP contribution in [0.1, 0.15) is 33.9 Å². The van der Waals surface area contributed by atoms with Crippen LogP contribution in [0.15, 0.2) is 30.3 Å². The average Bonchev–Trinajstić information content (AvgIpc) is 3.16. The summed E-state index contributed by atoms with van der Waals surface area (Å²) in [4.78, 5) is 15.3. The fraction of sp³-hybridized carbons (Fsp3) is 0.381. The van der Waals surface area contributed by atoms with Gasteiger partial charge in [-0.25, -0.2) is 0 Å². The number of likely N-dealkylation sites (N-methyl/N-ethyl adjacent to an activating group) is 1. The van der Waals surface area contributed by atoms with Gasteiger partial charge in [-0.15, -0.1) is 0 Å². The van der Waals surface area contributed by atoms with Crippen LogP contribution in [0, 0.1) is 0 Å². The summed E-state index contributed by atoms with van der Waals surface area (Å²) < 4.78 is 22.2. The maximum atomic E-state index is 13.1. The molecule has 0 amide bonds. The fourth-order valence-electron chi connectivity index (χ4n) is 3.94. The van der Waals surface area contributed by atoms with Crippen molar-refractivity contribution in [2.75, 3.05) is 34.6 Å². The maximum Gasteiger partial charge on any atom is 0.231 e. The summed E-state index contributed by atoms with van der Waals surface area (Å²) in [5.74, 6) is 2.64. The van der Waals surface area contributed by atoms with Crippen molar-refractivity contribution >= 4 is 5.78 Å². The number of benzene rings is 2. The molecule has 1 unspecified atom stereocenters. The lowest BCUT2D eigenvalue weighted by atomic mass is 9.87. The molecule has 2 heterocycles. The molecule has 0 aromatic heterocycles. The Labute approximate surface area is 158 Å². The van der Waals surface area contributed by atoms with E-state index in [1.54, 1.807) is 14.2 Å². The highest BCUT2D eigenvalue weighted by molar-refractivity contribution is 5.99. The van der Waals surface area contributed by atoms with Crippen molar-refractivity contribution in [3.63, 3.8) is 0 Å². The lowest BCUT2D eigenvalue weighted by Crippen LogP contribution is -2.34. The van der Waals surface area contributed by atoms with E-state index in [9.17, 15) is 4.79 Å². The number of fused-ring (bicyclic) bond motifs is 2. The molecular formula is C21H23NO5. The number of nitrogens with zero attached hydrogens (tertiary/aromatic N) is 1. The number of methoxy groups -OCH3 is 2. The molecule has 0 saturated heterocycles. The third-order valence-corrected chi connectivity index (χ3v) is 5.33. The predicted octanol–water partition coefficient (Wildman–Crippen LogP) is 3.23. The first-order chi connectivity index (χ1) is 13.1. The number of hydrogen-bond donors (Lipinski definition) is 0. The standard InChI is InChI=1S/C21H23NO5/c1-22-9-8-13-10-18-20(27-12-26-18)21(25-3)19(13)15(22)11-16(23)14-6-4-5-7-17(14)24-2/h4-7,10,15H,8-9,11-12H2,1-3H3. The van der Waals surface area contributed by atoms with Crippen molar-refractivity contribution < 1.29 is 23.7 Å².